The van der Waals surface area contributed by atoms with E-state index < -0.39 is 0 Å². The lowest BCUT2D eigenvalue weighted by atomic mass is 9.68. The number of nitrogens with two attached hydrogens (primary N) is 1. The smallest absolute Gasteiger partial charge is 0.0640 e. The van der Waals surface area contributed by atoms with Crippen molar-refractivity contribution < 1.29 is 5.11 Å². The van der Waals surface area contributed by atoms with E-state index in [4.69, 9.17) is 10.8 Å². The first-order valence-electron chi connectivity index (χ1n) is 19.2. The molecule has 0 bridgehead atoms. The zero-order valence-electron chi connectivity index (χ0n) is 32.0. The summed E-state index contributed by atoms with van der Waals surface area (Å²) in [4.78, 5) is 0. The molecule has 55 heavy (non-hydrogen) atoms. The summed E-state index contributed by atoms with van der Waals surface area (Å²) in [7, 11) is 1.00. The van der Waals surface area contributed by atoms with Gasteiger partial charge in [0.15, 0.2) is 0 Å². The highest BCUT2D eigenvalue weighted by atomic mass is 16.2. The number of anilines is 1. The molecule has 0 fully saturated rings. The van der Waals surface area contributed by atoms with Gasteiger partial charge >= 0.3 is 0 Å². The number of fused-ring (bicyclic) bond motifs is 8. The molecule has 9 rings (SSSR count). The number of aliphatic hydroxyl groups excluding tert-OH is 1. The lowest BCUT2D eigenvalue weighted by Crippen LogP contribution is -2.27. The second-order valence-electron chi connectivity index (χ2n) is 13.8. The van der Waals surface area contributed by atoms with E-state index in [-0.39, 0.29) is 17.5 Å². The fourth-order valence-electron chi connectivity index (χ4n) is 8.09. The Bertz CT molecular complexity index is 2320. The number of benzene rings is 5. The van der Waals surface area contributed by atoms with E-state index in [1.54, 1.807) is 0 Å². The van der Waals surface area contributed by atoms with Crippen molar-refractivity contribution >= 4 is 28.1 Å². The van der Waals surface area contributed by atoms with Crippen LogP contribution < -0.4 is 11.1 Å². The minimum atomic E-state index is -0.271. The van der Waals surface area contributed by atoms with Gasteiger partial charge in [-0.15, -0.1) is 13.2 Å². The standard InChI is InChI=1S/C43H36N2.C6H8.C2H4.CH4O/c1-29(44)36-19-9-11-21-42(36)45-35-18-8-6-15-31(25-35)34-22-23-40-37(27-34)38-26-32-16-4-5-17-33(32)28-41(38)43(40)24-12-2-3-13-30-14-7-10-20-39(30)43;1-2-4-6-5-3-1;2*1-2/h2-23,25-29,35,45H,24,44H2,1H3;1-4H,5-6H2;1-2H2;2H,1H3/b12-2-,13-3-;;;. The highest BCUT2D eigenvalue weighted by Gasteiger charge is 2.45. The molecule has 3 unspecified atom stereocenters. The molecule has 5 aromatic carbocycles. The second-order valence-corrected chi connectivity index (χ2v) is 13.8. The van der Waals surface area contributed by atoms with Crippen LogP contribution in [-0.4, -0.2) is 18.3 Å². The molecule has 5 aromatic rings. The van der Waals surface area contributed by atoms with Gasteiger partial charge in [-0.3, -0.25) is 0 Å². The van der Waals surface area contributed by atoms with Crippen molar-refractivity contribution in [2.75, 3.05) is 12.4 Å². The summed E-state index contributed by atoms with van der Waals surface area (Å²) in [6.45, 7) is 8.03. The van der Waals surface area contributed by atoms with Crippen molar-refractivity contribution in [2.24, 2.45) is 5.73 Å². The van der Waals surface area contributed by atoms with E-state index in [2.05, 4.69) is 201 Å². The van der Waals surface area contributed by atoms with E-state index in [0.717, 1.165) is 24.8 Å². The number of aliphatic hydroxyl groups is 1. The van der Waals surface area contributed by atoms with Crippen molar-refractivity contribution in [3.05, 3.63) is 223 Å². The van der Waals surface area contributed by atoms with E-state index in [1.807, 2.05) is 6.92 Å². The van der Waals surface area contributed by atoms with Gasteiger partial charge in [-0.25, -0.2) is 0 Å². The Morgan fingerprint density at radius 3 is 2.07 bits per heavy atom. The first kappa shape index (κ1) is 38.7. The van der Waals surface area contributed by atoms with Crippen molar-refractivity contribution in [1.29, 1.82) is 0 Å². The summed E-state index contributed by atoms with van der Waals surface area (Å²) in [5, 5.41) is 13.3. The molecule has 1 spiro atoms. The van der Waals surface area contributed by atoms with Crippen LogP contribution in [0.5, 0.6) is 0 Å². The van der Waals surface area contributed by atoms with E-state index in [1.165, 1.54) is 68.1 Å². The van der Waals surface area contributed by atoms with Crippen LogP contribution in [0.25, 0.3) is 33.5 Å². The summed E-state index contributed by atoms with van der Waals surface area (Å²) in [5.74, 6) is 0. The monoisotopic (exact) mass is 720 g/mol. The second kappa shape index (κ2) is 18.4. The summed E-state index contributed by atoms with van der Waals surface area (Å²) < 4.78 is 0. The first-order valence-corrected chi connectivity index (χ1v) is 19.2. The van der Waals surface area contributed by atoms with Crippen molar-refractivity contribution in [2.45, 2.75) is 43.7 Å². The molecule has 4 aliphatic carbocycles. The quantitative estimate of drug-likeness (QED) is 0.162. The molecule has 3 nitrogen and oxygen atoms in total. The minimum absolute atomic E-state index is 0.0279. The number of hydrogen-bond acceptors (Lipinski definition) is 3. The molecule has 0 radical (unpaired) electrons. The van der Waals surface area contributed by atoms with Crippen LogP contribution in [0.1, 0.15) is 65.6 Å². The number of para-hydroxylation sites is 1. The van der Waals surface area contributed by atoms with Crippen LogP contribution in [0.2, 0.25) is 0 Å². The van der Waals surface area contributed by atoms with Crippen LogP contribution in [0.3, 0.4) is 0 Å². The molecule has 4 aliphatic rings. The molecule has 0 aliphatic heterocycles. The Morgan fingerprint density at radius 2 is 1.33 bits per heavy atom. The van der Waals surface area contributed by atoms with Gasteiger partial charge in [0.25, 0.3) is 0 Å². The summed E-state index contributed by atoms with van der Waals surface area (Å²) >= 11 is 0. The van der Waals surface area contributed by atoms with Crippen LogP contribution >= 0.6 is 0 Å². The molecule has 0 aromatic heterocycles. The normalized spacial score (nSPS) is 19.9. The fraction of sp³-hybridized carbons (Fsp3) is 0.154. The third-order valence-electron chi connectivity index (χ3n) is 10.5. The average molecular weight is 721 g/mol. The predicted octanol–water partition coefficient (Wildman–Crippen LogP) is 12.4. The van der Waals surface area contributed by atoms with E-state index >= 15 is 0 Å². The Balaban J connectivity index is 0.000000459. The zero-order chi connectivity index (χ0) is 38.6. The van der Waals surface area contributed by atoms with Gasteiger partial charge in [-0.05, 0) is 111 Å². The predicted molar refractivity (Wildman–Crippen MR) is 238 cm³/mol. The number of nitrogens with one attached hydrogen (secondary N) is 1. The van der Waals surface area contributed by atoms with Gasteiger partial charge in [0.05, 0.1) is 11.5 Å². The van der Waals surface area contributed by atoms with Crippen LogP contribution in [0.15, 0.2) is 189 Å². The Morgan fingerprint density at radius 1 is 0.673 bits per heavy atom. The molecule has 0 amide bonds. The molecule has 3 atom stereocenters. The molecule has 4 N–H and O–H groups in total. The topological polar surface area (TPSA) is 58.3 Å². The Kier molecular flexibility index (Phi) is 12.9. The van der Waals surface area contributed by atoms with Crippen LogP contribution in [0.4, 0.5) is 5.69 Å². The van der Waals surface area contributed by atoms with Gasteiger partial charge < -0.3 is 16.2 Å². The van der Waals surface area contributed by atoms with Crippen LogP contribution in [-0.2, 0) is 5.41 Å². The molecular weight excluding hydrogens is 669 g/mol. The molecule has 3 heteroatoms. The molecular formula is C52H52N2O. The first-order chi connectivity index (χ1) is 27.1. The van der Waals surface area contributed by atoms with Crippen molar-refractivity contribution in [1.82, 2.24) is 0 Å². The number of hydrogen-bond donors (Lipinski definition) is 3. The lowest BCUT2D eigenvalue weighted by Gasteiger charge is -2.34. The maximum Gasteiger partial charge on any atom is 0.0640 e. The molecule has 0 heterocycles. The summed E-state index contributed by atoms with van der Waals surface area (Å²) in [6, 6.07) is 38.0. The zero-order valence-corrected chi connectivity index (χ0v) is 32.0. The number of rotatable bonds is 4. The molecule has 0 saturated carbocycles. The third-order valence-corrected chi connectivity index (χ3v) is 10.5. The van der Waals surface area contributed by atoms with Gasteiger partial charge in [-0.2, -0.15) is 0 Å². The van der Waals surface area contributed by atoms with Crippen LogP contribution in [0, 0.1) is 0 Å². The average Bonchev–Trinajstić information content (AvgIpc) is 3.33. The highest BCUT2D eigenvalue weighted by Crippen LogP contribution is 2.57. The fourth-order valence-corrected chi connectivity index (χ4v) is 8.09. The Hall–Kier alpha value is -6.00. The maximum atomic E-state index is 7.00. The number of allylic oxidation sites excluding steroid dienone is 11. The largest absolute Gasteiger partial charge is 0.400 e. The van der Waals surface area contributed by atoms with Crippen molar-refractivity contribution in [3.8, 4) is 11.1 Å². The van der Waals surface area contributed by atoms with E-state index in [9.17, 15) is 0 Å². The third kappa shape index (κ3) is 8.10. The van der Waals surface area contributed by atoms with Gasteiger partial charge in [0.1, 0.15) is 0 Å². The summed E-state index contributed by atoms with van der Waals surface area (Å²) in [5.41, 5.74) is 18.7. The molecule has 0 saturated heterocycles. The lowest BCUT2D eigenvalue weighted by molar-refractivity contribution is 0.399. The Labute approximate surface area is 327 Å². The van der Waals surface area contributed by atoms with Gasteiger partial charge in [-0.1, -0.05) is 158 Å². The maximum absolute atomic E-state index is 7.00. The van der Waals surface area contributed by atoms with E-state index in [0.29, 0.717) is 0 Å². The SMILES string of the molecule is C1=CCCC=C1.C=C.CC(N)c1ccccc1NC1C=CC=CC(c2ccc3c(c2)-c2cc4ccccc4cc2C32C/C=C\C=C/c3ccccc32)=C1.CO. The van der Waals surface area contributed by atoms with Gasteiger partial charge in [0.2, 0.25) is 0 Å². The highest BCUT2D eigenvalue weighted by molar-refractivity contribution is 5.96. The van der Waals surface area contributed by atoms with Crippen molar-refractivity contribution in [3.63, 3.8) is 0 Å². The summed E-state index contributed by atoms with van der Waals surface area (Å²) in [6.07, 6.45) is 31.9. The minimum Gasteiger partial charge on any atom is -0.400 e. The molecule has 276 valence electrons. The van der Waals surface area contributed by atoms with Gasteiger partial charge in [0, 0.05) is 18.8 Å².